The Kier molecular flexibility index (Phi) is 49.4. The first-order valence-corrected chi connectivity index (χ1v) is 0.926. The maximum absolute atomic E-state index is 4.26. The summed E-state index contributed by atoms with van der Waals surface area (Å²) < 4.78 is 3.19. The molecule has 0 fully saturated rings. The molecule has 0 rings (SSSR count). The summed E-state index contributed by atoms with van der Waals surface area (Å²) in [5.74, 6) is 0. The number of rotatable bonds is 0. The summed E-state index contributed by atoms with van der Waals surface area (Å²) in [7, 11) is 0. The standard InChI is InChI=1S/2Ca.Cl2O.4H/c;;1-3-2;;;;. The first kappa shape index (κ1) is 15.7. The van der Waals surface area contributed by atoms with Crippen LogP contribution < -0.4 is 0 Å². The van der Waals surface area contributed by atoms with Crippen LogP contribution in [0.4, 0.5) is 0 Å². The van der Waals surface area contributed by atoms with Gasteiger partial charge in [-0.1, -0.05) is 0 Å². The number of hydrogen-bond donors (Lipinski definition) is 0. The molecule has 0 saturated carbocycles. The predicted molar refractivity (Wildman–Crippen MR) is 29.9 cm³/mol. The molecule has 0 saturated heterocycles. The molecule has 0 radical (unpaired) electrons. The minimum absolute atomic E-state index is 0. The predicted octanol–water partition coefficient (Wildman–Crippen LogP) is -0.522. The van der Waals surface area contributed by atoms with Crippen molar-refractivity contribution in [2.75, 3.05) is 0 Å². The van der Waals surface area contributed by atoms with Gasteiger partial charge in [0.15, 0.2) is 0 Å². The maximum atomic E-state index is 4.26. The van der Waals surface area contributed by atoms with E-state index in [1.165, 1.54) is 0 Å². The van der Waals surface area contributed by atoms with Gasteiger partial charge in [0.05, 0.1) is 23.7 Å². The molecule has 0 aliphatic carbocycles. The molecule has 0 aliphatic rings. The van der Waals surface area contributed by atoms with Gasteiger partial charge in [0, 0.05) is 0 Å². The van der Waals surface area contributed by atoms with Crippen LogP contribution in [-0.4, -0.2) is 75.5 Å². The fourth-order valence-corrected chi connectivity index (χ4v) is 0. The first-order chi connectivity index (χ1) is 1.41. The van der Waals surface area contributed by atoms with E-state index in [2.05, 4.69) is 27.6 Å². The molecule has 0 aromatic rings. The van der Waals surface area contributed by atoms with Gasteiger partial charge in [0.25, 0.3) is 0 Å². The zero-order chi connectivity index (χ0) is 2.71. The second kappa shape index (κ2) is 15.7. The van der Waals surface area contributed by atoms with Crippen LogP contribution in [0.5, 0.6) is 0 Å². The van der Waals surface area contributed by atoms with E-state index in [4.69, 9.17) is 0 Å². The summed E-state index contributed by atoms with van der Waals surface area (Å²) in [5, 5.41) is 0. The van der Waals surface area contributed by atoms with Gasteiger partial charge in [-0.25, -0.2) is 0 Å². The Bertz CT molecular complexity index is 7.61. The van der Waals surface area contributed by atoms with E-state index in [0.717, 1.165) is 0 Å². The second-order valence-corrected chi connectivity index (χ2v) is 0.525. The topological polar surface area (TPSA) is 9.23 Å². The van der Waals surface area contributed by atoms with Crippen molar-refractivity contribution < 1.29 is 3.84 Å². The van der Waals surface area contributed by atoms with E-state index < -0.39 is 0 Å². The number of halogens is 2. The SMILES string of the molecule is ClOCl.[CaH2].[CaH2]. The van der Waals surface area contributed by atoms with Gasteiger partial charge in [-0.2, -0.15) is 3.84 Å². The summed E-state index contributed by atoms with van der Waals surface area (Å²) in [5.41, 5.74) is 0. The molecule has 0 amide bonds. The van der Waals surface area contributed by atoms with Crippen molar-refractivity contribution in [2.45, 2.75) is 0 Å². The Morgan fingerprint density at radius 1 is 1.00 bits per heavy atom. The van der Waals surface area contributed by atoms with Crippen molar-refractivity contribution in [2.24, 2.45) is 0 Å². The molecule has 0 bridgehead atoms. The Morgan fingerprint density at radius 3 is 1.00 bits per heavy atom. The molecule has 0 atom stereocenters. The van der Waals surface area contributed by atoms with Gasteiger partial charge in [0.1, 0.15) is 0 Å². The summed E-state index contributed by atoms with van der Waals surface area (Å²) in [6.07, 6.45) is 0. The van der Waals surface area contributed by atoms with Gasteiger partial charge in [0.2, 0.25) is 0 Å². The Hall–Kier alpha value is 3.06. The van der Waals surface area contributed by atoms with E-state index in [9.17, 15) is 0 Å². The Morgan fingerprint density at radius 2 is 1.00 bits per heavy atom. The third-order valence-corrected chi connectivity index (χ3v) is 0. The Labute approximate surface area is 101 Å². The monoisotopic (exact) mass is 170 g/mol. The molecule has 0 aromatic carbocycles. The van der Waals surface area contributed by atoms with Crippen molar-refractivity contribution in [3.05, 3.63) is 0 Å². The second-order valence-electron chi connectivity index (χ2n) is 0.0583. The zero-order valence-electron chi connectivity index (χ0n) is 1.16. The molecule has 0 spiro atoms. The van der Waals surface area contributed by atoms with Gasteiger partial charge >= 0.3 is 75.5 Å². The van der Waals surface area contributed by atoms with Crippen LogP contribution in [0.25, 0.3) is 0 Å². The normalized spacial score (nSPS) is 3.60. The Balaban J connectivity index is -0.0000000200. The molecule has 0 heterocycles. The summed E-state index contributed by atoms with van der Waals surface area (Å²) in [4.78, 5) is 0. The molecule has 5 heavy (non-hydrogen) atoms. The van der Waals surface area contributed by atoms with E-state index in [-0.39, 0.29) is 75.5 Å². The number of hydrogen-bond acceptors (Lipinski definition) is 1. The average Bonchev–Trinajstić information content (AvgIpc) is 0.918. The minimum atomic E-state index is 0. The van der Waals surface area contributed by atoms with Crippen LogP contribution >= 0.6 is 23.7 Å². The molecule has 28 valence electrons. The van der Waals surface area contributed by atoms with Crippen LogP contribution in [0, 0.1) is 0 Å². The fraction of sp³-hybridized carbons (Fsp3) is 0. The summed E-state index contributed by atoms with van der Waals surface area (Å²) >= 11 is 8.53. The molecule has 0 unspecified atom stereocenters. The summed E-state index contributed by atoms with van der Waals surface area (Å²) in [6, 6.07) is 0. The molecule has 5 heteroatoms. The van der Waals surface area contributed by atoms with Crippen molar-refractivity contribution in [3.63, 3.8) is 0 Å². The van der Waals surface area contributed by atoms with E-state index in [1.807, 2.05) is 0 Å². The van der Waals surface area contributed by atoms with Gasteiger partial charge in [-0.15, -0.1) is 0 Å². The molecule has 0 N–H and O–H groups in total. The molecule has 1 nitrogen and oxygen atoms in total. The summed E-state index contributed by atoms with van der Waals surface area (Å²) in [6.45, 7) is 0. The third-order valence-electron chi connectivity index (χ3n) is 0. The van der Waals surface area contributed by atoms with E-state index in [1.54, 1.807) is 0 Å². The molecule has 0 aromatic heterocycles. The van der Waals surface area contributed by atoms with Crippen LogP contribution in [0.15, 0.2) is 0 Å². The van der Waals surface area contributed by atoms with E-state index in [0.29, 0.717) is 0 Å². The first-order valence-electron chi connectivity index (χ1n) is 0.309. The van der Waals surface area contributed by atoms with Crippen LogP contribution in [0.3, 0.4) is 0 Å². The van der Waals surface area contributed by atoms with Gasteiger partial charge < -0.3 is 0 Å². The van der Waals surface area contributed by atoms with Crippen molar-refractivity contribution in [3.8, 4) is 0 Å². The third kappa shape index (κ3) is 19.3. The van der Waals surface area contributed by atoms with Crippen LogP contribution in [0.1, 0.15) is 0 Å². The van der Waals surface area contributed by atoms with Crippen LogP contribution in [-0.2, 0) is 3.84 Å². The quantitative estimate of drug-likeness (QED) is 0.445. The van der Waals surface area contributed by atoms with Crippen molar-refractivity contribution in [1.82, 2.24) is 0 Å². The molecular formula is H4Ca2Cl2O. The van der Waals surface area contributed by atoms with Crippen LogP contribution in [0.2, 0.25) is 0 Å². The fourth-order valence-electron chi connectivity index (χ4n) is 0. The molecule has 0 aliphatic heterocycles. The van der Waals surface area contributed by atoms with E-state index >= 15 is 0 Å². The van der Waals surface area contributed by atoms with Crippen molar-refractivity contribution in [1.29, 1.82) is 0 Å². The molecular weight excluding hydrogens is 167 g/mol. The zero-order valence-corrected chi connectivity index (χ0v) is 2.68. The van der Waals surface area contributed by atoms with Gasteiger partial charge in [-0.3, -0.25) is 0 Å². The van der Waals surface area contributed by atoms with Gasteiger partial charge in [-0.05, 0) is 0 Å². The average molecular weight is 171 g/mol. The van der Waals surface area contributed by atoms with Crippen molar-refractivity contribution >= 4 is 99.2 Å².